The number of hydrogen-bond donors (Lipinski definition) is 2. The predicted octanol–water partition coefficient (Wildman–Crippen LogP) is 3.13. The van der Waals surface area contributed by atoms with Crippen LogP contribution in [-0.2, 0) is 0 Å². The van der Waals surface area contributed by atoms with E-state index in [0.717, 1.165) is 6.42 Å². The minimum absolute atomic E-state index is 0.156. The quantitative estimate of drug-likeness (QED) is 0.620. The predicted molar refractivity (Wildman–Crippen MR) is 66.6 cm³/mol. The Hall–Kier alpha value is -0.670. The molecule has 0 saturated carbocycles. The van der Waals surface area contributed by atoms with Crippen LogP contribution in [0.25, 0.3) is 0 Å². The standard InChI is InChI=1S/C11H14ClNOS/c1-3-11(2,15)13-10(14)8-5-4-6-9(12)7-8/h4-7,15H,3H2,1-2H3,(H,13,14). The monoisotopic (exact) mass is 243 g/mol. The molecule has 0 saturated heterocycles. The molecule has 1 N–H and O–H groups in total. The summed E-state index contributed by atoms with van der Waals surface area (Å²) in [4.78, 5) is 11.3. The number of halogens is 1. The van der Waals surface area contributed by atoms with Crippen molar-refractivity contribution in [2.75, 3.05) is 0 Å². The fourth-order valence-electron chi connectivity index (χ4n) is 1.03. The van der Waals surface area contributed by atoms with Gasteiger partial charge in [-0.1, -0.05) is 24.6 Å². The molecule has 4 heteroatoms. The highest BCUT2D eigenvalue weighted by atomic mass is 35.5. The van der Waals surface area contributed by atoms with Crippen molar-refractivity contribution in [3.63, 3.8) is 0 Å². The summed E-state index contributed by atoms with van der Waals surface area (Å²) in [6, 6.07) is 6.84. The van der Waals surface area contributed by atoms with Crippen LogP contribution >= 0.6 is 24.2 Å². The van der Waals surface area contributed by atoms with E-state index in [0.29, 0.717) is 10.6 Å². The largest absolute Gasteiger partial charge is 0.338 e. The molecule has 1 amide bonds. The first-order valence-electron chi connectivity index (χ1n) is 4.75. The van der Waals surface area contributed by atoms with Crippen molar-refractivity contribution < 1.29 is 4.79 Å². The summed E-state index contributed by atoms with van der Waals surface area (Å²) < 4.78 is 0. The lowest BCUT2D eigenvalue weighted by Gasteiger charge is -2.23. The van der Waals surface area contributed by atoms with Crippen LogP contribution in [0.4, 0.5) is 0 Å². The van der Waals surface area contributed by atoms with E-state index in [-0.39, 0.29) is 5.91 Å². The van der Waals surface area contributed by atoms with E-state index < -0.39 is 4.87 Å². The minimum Gasteiger partial charge on any atom is -0.338 e. The van der Waals surface area contributed by atoms with Gasteiger partial charge in [0.15, 0.2) is 0 Å². The molecule has 82 valence electrons. The summed E-state index contributed by atoms with van der Waals surface area (Å²) in [7, 11) is 0. The van der Waals surface area contributed by atoms with Gasteiger partial charge < -0.3 is 5.32 Å². The third-order valence-electron chi connectivity index (χ3n) is 2.16. The topological polar surface area (TPSA) is 29.1 Å². The van der Waals surface area contributed by atoms with Crippen molar-refractivity contribution >= 4 is 30.1 Å². The zero-order valence-corrected chi connectivity index (χ0v) is 10.4. The molecular formula is C11H14ClNOS. The number of benzene rings is 1. The van der Waals surface area contributed by atoms with Crippen LogP contribution in [-0.4, -0.2) is 10.8 Å². The normalized spacial score (nSPS) is 14.4. The number of nitrogens with one attached hydrogen (secondary N) is 1. The van der Waals surface area contributed by atoms with Crippen molar-refractivity contribution in [1.82, 2.24) is 5.32 Å². The van der Waals surface area contributed by atoms with Gasteiger partial charge in [0.1, 0.15) is 0 Å². The Kier molecular flexibility index (Phi) is 4.05. The minimum atomic E-state index is -0.487. The summed E-state index contributed by atoms with van der Waals surface area (Å²) in [6.45, 7) is 3.82. The SMILES string of the molecule is CCC(C)(S)NC(=O)c1cccc(Cl)c1. The molecule has 1 aromatic carbocycles. The number of carbonyl (C=O) groups excluding carboxylic acids is 1. The van der Waals surface area contributed by atoms with Gasteiger partial charge in [-0.15, -0.1) is 0 Å². The third-order valence-corrected chi connectivity index (χ3v) is 2.82. The molecule has 1 atom stereocenters. The summed E-state index contributed by atoms with van der Waals surface area (Å²) in [6.07, 6.45) is 0.752. The molecular weight excluding hydrogens is 230 g/mol. The van der Waals surface area contributed by atoms with Gasteiger partial charge in [0.05, 0.1) is 4.87 Å². The molecule has 2 nitrogen and oxygen atoms in total. The van der Waals surface area contributed by atoms with Crippen molar-refractivity contribution in [2.24, 2.45) is 0 Å². The Morgan fingerprint density at radius 2 is 2.27 bits per heavy atom. The average Bonchev–Trinajstić information content (AvgIpc) is 2.17. The van der Waals surface area contributed by atoms with E-state index in [9.17, 15) is 4.79 Å². The molecule has 0 heterocycles. The first-order valence-corrected chi connectivity index (χ1v) is 5.57. The number of hydrogen-bond acceptors (Lipinski definition) is 2. The lowest BCUT2D eigenvalue weighted by atomic mass is 10.2. The highest BCUT2D eigenvalue weighted by molar-refractivity contribution is 7.81. The van der Waals surface area contributed by atoms with Crippen LogP contribution < -0.4 is 5.32 Å². The first-order chi connectivity index (χ1) is 6.94. The Morgan fingerprint density at radius 1 is 1.60 bits per heavy atom. The van der Waals surface area contributed by atoms with Crippen LogP contribution in [0.1, 0.15) is 30.6 Å². The maximum Gasteiger partial charge on any atom is 0.252 e. The second-order valence-corrected chi connectivity index (χ2v) is 5.02. The van der Waals surface area contributed by atoms with Crippen LogP contribution in [0, 0.1) is 0 Å². The number of thiol groups is 1. The van der Waals surface area contributed by atoms with E-state index in [4.69, 9.17) is 11.6 Å². The molecule has 1 aromatic rings. The van der Waals surface area contributed by atoms with E-state index >= 15 is 0 Å². The van der Waals surface area contributed by atoms with Crippen molar-refractivity contribution in [2.45, 2.75) is 25.1 Å². The van der Waals surface area contributed by atoms with Gasteiger partial charge in [-0.05, 0) is 31.5 Å². The number of amides is 1. The number of rotatable bonds is 3. The molecule has 15 heavy (non-hydrogen) atoms. The smallest absolute Gasteiger partial charge is 0.252 e. The summed E-state index contributed by atoms with van der Waals surface area (Å²) in [5, 5.41) is 3.37. The highest BCUT2D eigenvalue weighted by Gasteiger charge is 2.19. The molecule has 1 unspecified atom stereocenters. The van der Waals surface area contributed by atoms with Gasteiger partial charge in [-0.2, -0.15) is 12.6 Å². The second kappa shape index (κ2) is 4.90. The van der Waals surface area contributed by atoms with E-state index in [2.05, 4.69) is 17.9 Å². The molecule has 0 aromatic heterocycles. The van der Waals surface area contributed by atoms with Gasteiger partial charge in [0, 0.05) is 10.6 Å². The number of carbonyl (C=O) groups is 1. The molecule has 0 aliphatic carbocycles. The maximum absolute atomic E-state index is 11.8. The zero-order chi connectivity index (χ0) is 11.5. The zero-order valence-electron chi connectivity index (χ0n) is 8.75. The molecule has 0 fully saturated rings. The lowest BCUT2D eigenvalue weighted by Crippen LogP contribution is -2.40. The highest BCUT2D eigenvalue weighted by Crippen LogP contribution is 2.16. The first kappa shape index (κ1) is 12.4. The Bertz CT molecular complexity index is 365. The van der Waals surface area contributed by atoms with Crippen LogP contribution in [0.3, 0.4) is 0 Å². The Balaban J connectivity index is 2.78. The third kappa shape index (κ3) is 3.76. The van der Waals surface area contributed by atoms with Crippen LogP contribution in [0.15, 0.2) is 24.3 Å². The van der Waals surface area contributed by atoms with Gasteiger partial charge >= 0.3 is 0 Å². The van der Waals surface area contributed by atoms with Crippen LogP contribution in [0.2, 0.25) is 5.02 Å². The molecule has 0 spiro atoms. The summed E-state index contributed by atoms with van der Waals surface area (Å²) in [5.41, 5.74) is 0.552. The summed E-state index contributed by atoms with van der Waals surface area (Å²) >= 11 is 10.1. The average molecular weight is 244 g/mol. The fraction of sp³-hybridized carbons (Fsp3) is 0.364. The maximum atomic E-state index is 11.8. The van der Waals surface area contributed by atoms with Crippen molar-refractivity contribution in [1.29, 1.82) is 0 Å². The van der Waals surface area contributed by atoms with Gasteiger partial charge in [0.25, 0.3) is 5.91 Å². The lowest BCUT2D eigenvalue weighted by molar-refractivity contribution is 0.0932. The fourth-order valence-corrected chi connectivity index (χ4v) is 1.33. The van der Waals surface area contributed by atoms with Crippen molar-refractivity contribution in [3.8, 4) is 0 Å². The molecule has 0 aliphatic rings. The van der Waals surface area contributed by atoms with Gasteiger partial charge in [-0.25, -0.2) is 0 Å². The molecule has 0 aliphatic heterocycles. The van der Waals surface area contributed by atoms with E-state index in [1.165, 1.54) is 0 Å². The van der Waals surface area contributed by atoms with E-state index in [1.54, 1.807) is 24.3 Å². The van der Waals surface area contributed by atoms with Crippen LogP contribution in [0.5, 0.6) is 0 Å². The van der Waals surface area contributed by atoms with E-state index in [1.807, 2.05) is 13.8 Å². The molecule has 0 bridgehead atoms. The Morgan fingerprint density at radius 3 is 2.80 bits per heavy atom. The Labute approximate surface area is 100 Å². The van der Waals surface area contributed by atoms with Gasteiger partial charge in [0.2, 0.25) is 0 Å². The van der Waals surface area contributed by atoms with Crippen molar-refractivity contribution in [3.05, 3.63) is 34.9 Å². The summed E-state index contributed by atoms with van der Waals surface area (Å²) in [5.74, 6) is -0.156. The second-order valence-electron chi connectivity index (χ2n) is 3.59. The van der Waals surface area contributed by atoms with Gasteiger partial charge in [-0.3, -0.25) is 4.79 Å². The molecule has 1 rings (SSSR count). The molecule has 0 radical (unpaired) electrons.